The largest absolute Gasteiger partial charge is 0.492 e. The molecule has 2 fully saturated rings. The van der Waals surface area contributed by atoms with Gasteiger partial charge in [0.2, 0.25) is 10.0 Å². The minimum Gasteiger partial charge on any atom is -0.492 e. The Morgan fingerprint density at radius 2 is 2.16 bits per heavy atom. The van der Waals surface area contributed by atoms with Gasteiger partial charge in [0.25, 0.3) is 0 Å². The number of benzene rings is 1. The summed E-state index contributed by atoms with van der Waals surface area (Å²) in [6.07, 6.45) is 1.73. The first-order chi connectivity index (χ1) is 11.6. The van der Waals surface area contributed by atoms with E-state index in [9.17, 15) is 8.42 Å². The normalized spacial score (nSPS) is 22.2. The maximum absolute atomic E-state index is 13.0. The topological polar surface area (TPSA) is 67.9 Å². The van der Waals surface area contributed by atoms with E-state index in [0.717, 1.165) is 26.0 Å². The van der Waals surface area contributed by atoms with Crippen LogP contribution in [0, 0.1) is 5.92 Å². The zero-order valence-corrected chi connectivity index (χ0v) is 16.3. The molecule has 1 aromatic carbocycles. The van der Waals surface area contributed by atoms with E-state index in [-0.39, 0.29) is 17.3 Å². The molecule has 0 saturated carbocycles. The van der Waals surface area contributed by atoms with Crippen LogP contribution in [0.5, 0.6) is 5.75 Å². The summed E-state index contributed by atoms with van der Waals surface area (Å²) in [5.74, 6) is 0.669. The SMILES string of the molecule is Cl.O=S(=O)(c1cc(Cl)ccc1OCC1CCOC1)N1CCCNCC1. The highest BCUT2D eigenvalue weighted by Crippen LogP contribution is 2.31. The van der Waals surface area contributed by atoms with Crippen LogP contribution >= 0.6 is 24.0 Å². The third kappa shape index (κ3) is 5.21. The summed E-state index contributed by atoms with van der Waals surface area (Å²) >= 11 is 6.05. The second-order valence-electron chi connectivity index (χ2n) is 6.14. The Bertz CT molecular complexity index is 658. The number of rotatable bonds is 5. The number of hydrogen-bond acceptors (Lipinski definition) is 5. The van der Waals surface area contributed by atoms with Crippen molar-refractivity contribution in [1.82, 2.24) is 9.62 Å². The van der Waals surface area contributed by atoms with Crippen LogP contribution in [0.25, 0.3) is 0 Å². The van der Waals surface area contributed by atoms with E-state index < -0.39 is 10.0 Å². The molecule has 0 aromatic heterocycles. The third-order valence-corrected chi connectivity index (χ3v) is 6.48. The fraction of sp³-hybridized carbons (Fsp3) is 0.625. The van der Waals surface area contributed by atoms with Gasteiger partial charge >= 0.3 is 0 Å². The van der Waals surface area contributed by atoms with Gasteiger partial charge in [0.05, 0.1) is 13.2 Å². The lowest BCUT2D eigenvalue weighted by molar-refractivity contribution is 0.166. The minimum absolute atomic E-state index is 0. The first-order valence-corrected chi connectivity index (χ1v) is 10.1. The smallest absolute Gasteiger partial charge is 0.246 e. The van der Waals surface area contributed by atoms with Crippen molar-refractivity contribution in [1.29, 1.82) is 0 Å². The molecule has 1 N–H and O–H groups in total. The number of nitrogens with one attached hydrogen (secondary N) is 1. The van der Waals surface area contributed by atoms with Crippen molar-refractivity contribution in [2.24, 2.45) is 5.92 Å². The van der Waals surface area contributed by atoms with Crippen LogP contribution in [0.15, 0.2) is 23.1 Å². The first-order valence-electron chi connectivity index (χ1n) is 8.28. The number of ether oxygens (including phenoxy) is 2. The van der Waals surface area contributed by atoms with Crippen molar-refractivity contribution >= 4 is 34.0 Å². The molecule has 2 saturated heterocycles. The molecule has 142 valence electrons. The zero-order chi connectivity index (χ0) is 17.0. The highest BCUT2D eigenvalue weighted by atomic mass is 35.5. The summed E-state index contributed by atoms with van der Waals surface area (Å²) < 4.78 is 38.8. The van der Waals surface area contributed by atoms with Gasteiger partial charge in [-0.25, -0.2) is 8.42 Å². The molecule has 1 atom stereocenters. The van der Waals surface area contributed by atoms with Gasteiger partial charge in [0, 0.05) is 37.2 Å². The predicted molar refractivity (Wildman–Crippen MR) is 99.4 cm³/mol. The molecule has 0 radical (unpaired) electrons. The maximum Gasteiger partial charge on any atom is 0.246 e. The summed E-state index contributed by atoms with van der Waals surface area (Å²) in [5.41, 5.74) is 0. The Morgan fingerprint density at radius 1 is 1.32 bits per heavy atom. The van der Waals surface area contributed by atoms with E-state index in [2.05, 4.69) is 5.32 Å². The standard InChI is InChI=1S/C16H23ClN2O4S.ClH/c17-14-2-3-15(23-12-13-4-9-22-11-13)16(10-14)24(20,21)19-7-1-5-18-6-8-19;/h2-3,10,13,18H,1,4-9,11-12H2;1H. The van der Waals surface area contributed by atoms with Crippen molar-refractivity contribution in [2.75, 3.05) is 46.0 Å². The van der Waals surface area contributed by atoms with E-state index >= 15 is 0 Å². The molecular formula is C16H24Cl2N2O4S. The Morgan fingerprint density at radius 3 is 2.92 bits per heavy atom. The van der Waals surface area contributed by atoms with Crippen LogP contribution in [0.4, 0.5) is 0 Å². The molecule has 25 heavy (non-hydrogen) atoms. The van der Waals surface area contributed by atoms with E-state index in [1.54, 1.807) is 12.1 Å². The summed E-state index contributed by atoms with van der Waals surface area (Å²) in [6, 6.07) is 4.78. The van der Waals surface area contributed by atoms with Gasteiger partial charge in [-0.3, -0.25) is 0 Å². The van der Waals surface area contributed by atoms with Crippen molar-refractivity contribution in [2.45, 2.75) is 17.7 Å². The van der Waals surface area contributed by atoms with Crippen molar-refractivity contribution in [3.05, 3.63) is 23.2 Å². The van der Waals surface area contributed by atoms with Gasteiger partial charge < -0.3 is 14.8 Å². The zero-order valence-electron chi connectivity index (χ0n) is 13.9. The molecule has 0 amide bonds. The second kappa shape index (κ2) is 9.39. The monoisotopic (exact) mass is 410 g/mol. The molecular weight excluding hydrogens is 387 g/mol. The van der Waals surface area contributed by atoms with Crippen LogP contribution < -0.4 is 10.1 Å². The number of halogens is 2. The second-order valence-corrected chi connectivity index (χ2v) is 8.48. The van der Waals surface area contributed by atoms with Crippen LogP contribution in [-0.2, 0) is 14.8 Å². The summed E-state index contributed by atoms with van der Waals surface area (Å²) in [6.45, 7) is 4.27. The van der Waals surface area contributed by atoms with Gasteiger partial charge in [-0.15, -0.1) is 12.4 Å². The Labute approximate surface area is 160 Å². The molecule has 2 aliphatic heterocycles. The van der Waals surface area contributed by atoms with Crippen LogP contribution in [-0.4, -0.2) is 58.7 Å². The number of nitrogens with zero attached hydrogens (tertiary/aromatic N) is 1. The van der Waals surface area contributed by atoms with Crippen molar-refractivity contribution in [3.8, 4) is 5.75 Å². The summed E-state index contributed by atoms with van der Waals surface area (Å²) in [7, 11) is -3.63. The van der Waals surface area contributed by atoms with Crippen molar-refractivity contribution < 1.29 is 17.9 Å². The molecule has 6 nitrogen and oxygen atoms in total. The average Bonchev–Trinajstić information content (AvgIpc) is 2.93. The first kappa shape index (κ1) is 20.7. The molecule has 0 aliphatic carbocycles. The van der Waals surface area contributed by atoms with Crippen LogP contribution in [0.2, 0.25) is 5.02 Å². The van der Waals surface area contributed by atoms with E-state index in [4.69, 9.17) is 21.1 Å². The molecule has 1 aromatic rings. The highest BCUT2D eigenvalue weighted by Gasteiger charge is 2.29. The van der Waals surface area contributed by atoms with Crippen molar-refractivity contribution in [3.63, 3.8) is 0 Å². The Balaban J connectivity index is 0.00000225. The van der Waals surface area contributed by atoms with Gasteiger partial charge in [-0.05, 0) is 37.6 Å². The lowest BCUT2D eigenvalue weighted by Gasteiger charge is -2.22. The third-order valence-electron chi connectivity index (χ3n) is 4.32. The fourth-order valence-corrected chi connectivity index (χ4v) is 4.80. The molecule has 2 aliphatic rings. The van der Waals surface area contributed by atoms with E-state index in [1.807, 2.05) is 0 Å². The summed E-state index contributed by atoms with van der Waals surface area (Å²) in [4.78, 5) is 0.149. The van der Waals surface area contributed by atoms with Crippen LogP contribution in [0.1, 0.15) is 12.8 Å². The van der Waals surface area contributed by atoms with Gasteiger partial charge in [0.15, 0.2) is 0 Å². The summed E-state index contributed by atoms with van der Waals surface area (Å²) in [5, 5.41) is 3.60. The molecule has 2 heterocycles. The van der Waals surface area contributed by atoms with E-state index in [1.165, 1.54) is 10.4 Å². The molecule has 0 bridgehead atoms. The highest BCUT2D eigenvalue weighted by molar-refractivity contribution is 7.89. The lowest BCUT2D eigenvalue weighted by atomic mass is 10.1. The van der Waals surface area contributed by atoms with E-state index in [0.29, 0.717) is 49.5 Å². The number of hydrogen-bond donors (Lipinski definition) is 1. The average molecular weight is 411 g/mol. The Hall–Kier alpha value is -0.570. The lowest BCUT2D eigenvalue weighted by Crippen LogP contribution is -2.34. The minimum atomic E-state index is -3.63. The molecule has 9 heteroatoms. The molecule has 3 rings (SSSR count). The number of sulfonamides is 1. The fourth-order valence-electron chi connectivity index (χ4n) is 2.93. The predicted octanol–water partition coefficient (Wildman–Crippen LogP) is 2.16. The van der Waals surface area contributed by atoms with Crippen LogP contribution in [0.3, 0.4) is 0 Å². The molecule has 1 unspecified atom stereocenters. The Kier molecular flexibility index (Phi) is 7.79. The maximum atomic E-state index is 13.0. The quantitative estimate of drug-likeness (QED) is 0.805. The molecule has 0 spiro atoms. The van der Waals surface area contributed by atoms with Gasteiger partial charge in [-0.2, -0.15) is 4.31 Å². The van der Waals surface area contributed by atoms with Gasteiger partial charge in [0.1, 0.15) is 10.6 Å². The van der Waals surface area contributed by atoms with Gasteiger partial charge in [-0.1, -0.05) is 11.6 Å².